The van der Waals surface area contributed by atoms with Crippen molar-refractivity contribution >= 4 is 22.9 Å². The predicted molar refractivity (Wildman–Crippen MR) is 81.6 cm³/mol. The highest BCUT2D eigenvalue weighted by atomic mass is 16.5. The standard InChI is InChI=1S/C17H13NO5/c1-21-12-5-2-4-11(8-12)14(19)9-22-17(20)13-6-3-7-15-16(13)18-10-23-15/h2-8,10H,9H2,1H3. The maximum Gasteiger partial charge on any atom is 0.340 e. The highest BCUT2D eigenvalue weighted by molar-refractivity contribution is 6.03. The number of hydrogen-bond acceptors (Lipinski definition) is 6. The van der Waals surface area contributed by atoms with Crippen molar-refractivity contribution in [2.75, 3.05) is 13.7 Å². The number of benzene rings is 2. The Morgan fingerprint density at radius 2 is 2.00 bits per heavy atom. The molecule has 3 rings (SSSR count). The van der Waals surface area contributed by atoms with Gasteiger partial charge in [-0.15, -0.1) is 0 Å². The van der Waals surface area contributed by atoms with Gasteiger partial charge in [0.15, 0.2) is 24.4 Å². The van der Waals surface area contributed by atoms with E-state index >= 15 is 0 Å². The molecule has 0 N–H and O–H groups in total. The van der Waals surface area contributed by atoms with E-state index in [1.807, 2.05) is 0 Å². The molecule has 0 aliphatic rings. The lowest BCUT2D eigenvalue weighted by atomic mass is 10.1. The summed E-state index contributed by atoms with van der Waals surface area (Å²) in [5.74, 6) is -0.375. The highest BCUT2D eigenvalue weighted by Gasteiger charge is 2.16. The lowest BCUT2D eigenvalue weighted by Crippen LogP contribution is -2.14. The van der Waals surface area contributed by atoms with Gasteiger partial charge in [0, 0.05) is 5.56 Å². The van der Waals surface area contributed by atoms with Gasteiger partial charge in [0.1, 0.15) is 11.3 Å². The number of oxazole rings is 1. The highest BCUT2D eigenvalue weighted by Crippen LogP contribution is 2.18. The summed E-state index contributed by atoms with van der Waals surface area (Å²) < 4.78 is 15.3. The number of ether oxygens (including phenoxy) is 2. The molecule has 1 heterocycles. The van der Waals surface area contributed by atoms with Crippen LogP contribution in [0.3, 0.4) is 0 Å². The van der Waals surface area contributed by atoms with Gasteiger partial charge in [0.25, 0.3) is 0 Å². The number of carbonyl (C=O) groups is 2. The fourth-order valence-electron chi connectivity index (χ4n) is 2.14. The third kappa shape index (κ3) is 3.06. The molecule has 0 aliphatic heterocycles. The lowest BCUT2D eigenvalue weighted by Gasteiger charge is -2.06. The van der Waals surface area contributed by atoms with Crippen LogP contribution in [-0.4, -0.2) is 30.5 Å². The summed E-state index contributed by atoms with van der Waals surface area (Å²) in [6.45, 7) is -0.361. The van der Waals surface area contributed by atoms with Crippen molar-refractivity contribution in [3.63, 3.8) is 0 Å². The molecule has 6 nitrogen and oxygen atoms in total. The van der Waals surface area contributed by atoms with E-state index in [0.29, 0.717) is 22.4 Å². The first-order valence-corrected chi connectivity index (χ1v) is 6.85. The first-order chi connectivity index (χ1) is 11.2. The van der Waals surface area contributed by atoms with Gasteiger partial charge in [-0.1, -0.05) is 18.2 Å². The number of esters is 1. The molecule has 0 saturated carbocycles. The third-order valence-corrected chi connectivity index (χ3v) is 3.31. The number of Topliss-reactive ketones (excluding diaryl/α,β-unsaturated/α-hetero) is 1. The number of fused-ring (bicyclic) bond motifs is 1. The van der Waals surface area contributed by atoms with Crippen molar-refractivity contribution in [2.45, 2.75) is 0 Å². The van der Waals surface area contributed by atoms with Crippen LogP contribution in [-0.2, 0) is 4.74 Å². The minimum atomic E-state index is -0.624. The Bertz CT molecular complexity index is 868. The van der Waals surface area contributed by atoms with Crippen LogP contribution in [0.2, 0.25) is 0 Å². The monoisotopic (exact) mass is 311 g/mol. The lowest BCUT2D eigenvalue weighted by molar-refractivity contribution is 0.0476. The number of methoxy groups -OCH3 is 1. The molecule has 0 amide bonds. The van der Waals surface area contributed by atoms with Gasteiger partial charge in [0.05, 0.1) is 12.7 Å². The first kappa shape index (κ1) is 14.8. The number of ketones is 1. The Hall–Kier alpha value is -3.15. The second-order valence-corrected chi connectivity index (χ2v) is 4.74. The fourth-order valence-corrected chi connectivity index (χ4v) is 2.14. The van der Waals surface area contributed by atoms with Crippen LogP contribution in [0, 0.1) is 0 Å². The Kier molecular flexibility index (Phi) is 4.05. The van der Waals surface area contributed by atoms with E-state index in [0.717, 1.165) is 0 Å². The molecular formula is C17H13NO5. The molecule has 23 heavy (non-hydrogen) atoms. The van der Waals surface area contributed by atoms with E-state index in [4.69, 9.17) is 13.9 Å². The molecule has 0 aliphatic carbocycles. The van der Waals surface area contributed by atoms with E-state index in [9.17, 15) is 9.59 Å². The summed E-state index contributed by atoms with van der Waals surface area (Å²) in [5.41, 5.74) is 1.57. The number of para-hydroxylation sites is 1. The van der Waals surface area contributed by atoms with Gasteiger partial charge in [-0.2, -0.15) is 0 Å². The summed E-state index contributed by atoms with van der Waals surface area (Å²) in [5, 5.41) is 0. The quantitative estimate of drug-likeness (QED) is 0.532. The van der Waals surface area contributed by atoms with Crippen molar-refractivity contribution in [1.29, 1.82) is 0 Å². The number of hydrogen-bond donors (Lipinski definition) is 0. The normalized spacial score (nSPS) is 10.5. The maximum absolute atomic E-state index is 12.1. The number of aromatic nitrogens is 1. The second kappa shape index (κ2) is 6.31. The minimum Gasteiger partial charge on any atom is -0.497 e. The Balaban J connectivity index is 1.71. The summed E-state index contributed by atoms with van der Waals surface area (Å²) in [7, 11) is 1.52. The van der Waals surface area contributed by atoms with Crippen LogP contribution >= 0.6 is 0 Å². The summed E-state index contributed by atoms with van der Waals surface area (Å²) in [6, 6.07) is 11.6. The minimum absolute atomic E-state index is 0.259. The molecule has 0 radical (unpaired) electrons. The molecule has 0 atom stereocenters. The Morgan fingerprint density at radius 1 is 1.17 bits per heavy atom. The van der Waals surface area contributed by atoms with Crippen molar-refractivity contribution in [1.82, 2.24) is 4.98 Å². The smallest absolute Gasteiger partial charge is 0.340 e. The van der Waals surface area contributed by atoms with Crippen molar-refractivity contribution in [3.8, 4) is 5.75 Å². The van der Waals surface area contributed by atoms with E-state index in [1.165, 1.54) is 13.5 Å². The van der Waals surface area contributed by atoms with Crippen LogP contribution in [0.4, 0.5) is 0 Å². The SMILES string of the molecule is COc1cccc(C(=O)COC(=O)c2cccc3ocnc23)c1. The number of rotatable bonds is 5. The van der Waals surface area contributed by atoms with E-state index < -0.39 is 5.97 Å². The molecule has 0 bridgehead atoms. The van der Waals surface area contributed by atoms with Gasteiger partial charge in [-0.3, -0.25) is 4.79 Å². The molecule has 1 aromatic heterocycles. The average molecular weight is 311 g/mol. The predicted octanol–water partition coefficient (Wildman–Crippen LogP) is 2.88. The maximum atomic E-state index is 12.1. The number of nitrogens with zero attached hydrogens (tertiary/aromatic N) is 1. The zero-order valence-electron chi connectivity index (χ0n) is 12.3. The first-order valence-electron chi connectivity index (χ1n) is 6.85. The summed E-state index contributed by atoms with van der Waals surface area (Å²) in [4.78, 5) is 28.2. The van der Waals surface area contributed by atoms with Crippen molar-refractivity contribution in [2.24, 2.45) is 0 Å². The molecule has 2 aromatic carbocycles. The largest absolute Gasteiger partial charge is 0.497 e. The van der Waals surface area contributed by atoms with Crippen LogP contribution in [0.1, 0.15) is 20.7 Å². The zero-order valence-corrected chi connectivity index (χ0v) is 12.3. The van der Waals surface area contributed by atoms with Gasteiger partial charge in [0.2, 0.25) is 0 Å². The molecule has 0 saturated heterocycles. The molecule has 0 unspecified atom stereocenters. The van der Waals surface area contributed by atoms with E-state index in [-0.39, 0.29) is 18.0 Å². The zero-order chi connectivity index (χ0) is 16.2. The molecule has 0 fully saturated rings. The molecular weight excluding hydrogens is 298 g/mol. The van der Waals surface area contributed by atoms with Gasteiger partial charge >= 0.3 is 5.97 Å². The van der Waals surface area contributed by atoms with Crippen LogP contribution in [0.5, 0.6) is 5.75 Å². The van der Waals surface area contributed by atoms with Gasteiger partial charge in [-0.05, 0) is 24.3 Å². The molecule has 0 spiro atoms. The van der Waals surface area contributed by atoms with Crippen LogP contribution in [0.15, 0.2) is 53.3 Å². The van der Waals surface area contributed by atoms with E-state index in [2.05, 4.69) is 4.98 Å². The van der Waals surface area contributed by atoms with Crippen molar-refractivity contribution in [3.05, 3.63) is 60.0 Å². The van der Waals surface area contributed by atoms with Crippen LogP contribution < -0.4 is 4.74 Å². The summed E-state index contributed by atoms with van der Waals surface area (Å²) in [6.07, 6.45) is 1.25. The topological polar surface area (TPSA) is 78.6 Å². The average Bonchev–Trinajstić information content (AvgIpc) is 3.08. The Labute approximate surface area is 131 Å². The second-order valence-electron chi connectivity index (χ2n) is 4.74. The molecule has 3 aromatic rings. The third-order valence-electron chi connectivity index (χ3n) is 3.31. The summed E-state index contributed by atoms with van der Waals surface area (Å²) >= 11 is 0. The van der Waals surface area contributed by atoms with E-state index in [1.54, 1.807) is 42.5 Å². The number of carbonyl (C=O) groups excluding carboxylic acids is 2. The van der Waals surface area contributed by atoms with Gasteiger partial charge in [-0.25, -0.2) is 9.78 Å². The molecule has 6 heteroatoms. The Morgan fingerprint density at radius 3 is 2.83 bits per heavy atom. The van der Waals surface area contributed by atoms with Gasteiger partial charge < -0.3 is 13.9 Å². The molecule has 116 valence electrons. The van der Waals surface area contributed by atoms with Crippen molar-refractivity contribution < 1.29 is 23.5 Å². The fraction of sp³-hybridized carbons (Fsp3) is 0.118. The van der Waals surface area contributed by atoms with Crippen LogP contribution in [0.25, 0.3) is 11.1 Å².